The van der Waals surface area contributed by atoms with Crippen LogP contribution in [0.5, 0.6) is 0 Å². The first-order valence-corrected chi connectivity index (χ1v) is 40.5. The van der Waals surface area contributed by atoms with Crippen molar-refractivity contribution in [2.45, 2.75) is 0 Å². The van der Waals surface area contributed by atoms with Crippen molar-refractivity contribution < 1.29 is 8.83 Å². The Morgan fingerprint density at radius 1 is 0.178 bits per heavy atom. The number of benzene rings is 21. The molecule has 0 fully saturated rings. The second-order valence-corrected chi connectivity index (χ2v) is 31.3. The number of fused-ring (bicyclic) bond motifs is 25. The highest BCUT2D eigenvalue weighted by atomic mass is 16.3. The molecular weight excluding hydrogens is 1430 g/mol. The lowest BCUT2D eigenvalue weighted by Gasteiger charge is -2.29. The Hall–Kier alpha value is -15.8. The van der Waals surface area contributed by atoms with Gasteiger partial charge in [0.05, 0.1) is 39.1 Å². The Kier molecular flexibility index (Phi) is 14.4. The standard InChI is InChI=1S/C112H68N4O2/c1-5-32-84-69(23-1)26-17-49-101(84)114(79-28-19-29-80(68-79)115-103-45-13-7-34-87(103)88-35-8-14-46-104(88)115)105-47-15-10-37-90(105)92-41-21-43-94-96-62-56-72-51-52-74(65-100(72)112(96)118-111(92)94)85-39-22-50-107-108(85)97-38-11-16-48-106(97)116(107)81-30-18-27-78(67-81)113(77-58-53-71(54-59-77)83-60-57-75-64-99(83)76-63-73-25-3-4-31-82(73)98(75)66-76)102-44-12-9-36-89(102)91-40-20-42-93-95-61-55-70-24-2-6-33-86(70)109(95)117-110(91)93/h1-68H. The van der Waals surface area contributed by atoms with Gasteiger partial charge in [-0.05, 0) is 198 Å². The predicted octanol–water partition coefficient (Wildman–Crippen LogP) is 31.6. The Balaban J connectivity index is 0.625. The fourth-order valence-corrected chi connectivity index (χ4v) is 19.7. The summed E-state index contributed by atoms with van der Waals surface area (Å²) in [5, 5.41) is 23.4. The van der Waals surface area contributed by atoms with E-state index < -0.39 is 0 Å². The first-order valence-electron chi connectivity index (χ1n) is 40.5. The largest absolute Gasteiger partial charge is 0.455 e. The Bertz CT molecular complexity index is 8420. The van der Waals surface area contributed by atoms with Crippen LogP contribution >= 0.6 is 0 Å². The van der Waals surface area contributed by atoms with E-state index in [9.17, 15) is 0 Å². The number of anilines is 6. The highest BCUT2D eigenvalue weighted by Gasteiger charge is 2.28. The van der Waals surface area contributed by atoms with E-state index in [1.54, 1.807) is 0 Å². The van der Waals surface area contributed by atoms with Crippen molar-refractivity contribution in [3.8, 4) is 55.9 Å². The number of hydrogen-bond acceptors (Lipinski definition) is 4. The van der Waals surface area contributed by atoms with E-state index in [4.69, 9.17) is 8.83 Å². The molecule has 0 radical (unpaired) electrons. The highest BCUT2D eigenvalue weighted by molar-refractivity contribution is 6.23. The molecule has 0 saturated heterocycles. The van der Waals surface area contributed by atoms with Crippen LogP contribution in [0.4, 0.5) is 34.1 Å². The van der Waals surface area contributed by atoms with Gasteiger partial charge in [0, 0.05) is 110 Å². The van der Waals surface area contributed by atoms with Crippen molar-refractivity contribution in [3.63, 3.8) is 0 Å². The summed E-state index contributed by atoms with van der Waals surface area (Å²) in [5.74, 6) is 0. The molecule has 4 heterocycles. The molecule has 0 aliphatic rings. The zero-order valence-electron chi connectivity index (χ0n) is 63.9. The molecule has 0 aliphatic heterocycles. The van der Waals surface area contributed by atoms with E-state index in [2.05, 4.69) is 431 Å². The van der Waals surface area contributed by atoms with Gasteiger partial charge in [-0.3, -0.25) is 0 Å². The average molecular weight is 1500 g/mol. The lowest BCUT2D eigenvalue weighted by molar-refractivity contribution is 0.673. The van der Waals surface area contributed by atoms with E-state index in [0.29, 0.717) is 0 Å². The smallest absolute Gasteiger partial charge is 0.143 e. The van der Waals surface area contributed by atoms with Gasteiger partial charge < -0.3 is 27.8 Å². The summed E-state index contributed by atoms with van der Waals surface area (Å²) in [6.07, 6.45) is 0. The van der Waals surface area contributed by atoms with Crippen LogP contribution in [-0.4, -0.2) is 9.13 Å². The number of rotatable bonds is 12. The van der Waals surface area contributed by atoms with Crippen molar-refractivity contribution in [2.24, 2.45) is 0 Å². The Labute approximate surface area is 677 Å². The molecule has 25 rings (SSSR count). The average Bonchev–Trinajstić information content (AvgIpc) is 1.51. The van der Waals surface area contributed by atoms with E-state index in [1.165, 1.54) is 70.5 Å². The fraction of sp³-hybridized carbons (Fsp3) is 0. The predicted molar refractivity (Wildman–Crippen MR) is 497 cm³/mol. The molecule has 25 aromatic rings. The zero-order chi connectivity index (χ0) is 77.2. The molecule has 118 heavy (non-hydrogen) atoms. The molecule has 6 nitrogen and oxygen atoms in total. The van der Waals surface area contributed by atoms with Crippen LogP contribution in [0.1, 0.15) is 0 Å². The molecule has 6 heteroatoms. The van der Waals surface area contributed by atoms with Crippen LogP contribution in [0, 0.1) is 0 Å². The van der Waals surface area contributed by atoms with Gasteiger partial charge in [-0.15, -0.1) is 0 Å². The fourth-order valence-electron chi connectivity index (χ4n) is 19.7. The molecule has 0 spiro atoms. The third-order valence-electron chi connectivity index (χ3n) is 25.0. The van der Waals surface area contributed by atoms with E-state index in [0.717, 1.165) is 172 Å². The van der Waals surface area contributed by atoms with Gasteiger partial charge in [0.2, 0.25) is 0 Å². The number of hydrogen-bond donors (Lipinski definition) is 0. The Morgan fingerprint density at radius 2 is 0.602 bits per heavy atom. The second kappa shape index (κ2) is 25.9. The van der Waals surface area contributed by atoms with Crippen molar-refractivity contribution >= 4 is 186 Å². The van der Waals surface area contributed by atoms with Crippen molar-refractivity contribution in [3.05, 3.63) is 413 Å². The number of para-hydroxylation sites is 7. The Morgan fingerprint density at radius 3 is 1.29 bits per heavy atom. The summed E-state index contributed by atoms with van der Waals surface area (Å²) in [7, 11) is 0. The van der Waals surface area contributed by atoms with Crippen molar-refractivity contribution in [1.29, 1.82) is 0 Å². The van der Waals surface area contributed by atoms with E-state index in [1.807, 2.05) is 0 Å². The van der Waals surface area contributed by atoms with E-state index in [-0.39, 0.29) is 0 Å². The molecule has 548 valence electrons. The maximum absolute atomic E-state index is 7.53. The van der Waals surface area contributed by atoms with Crippen LogP contribution in [0.3, 0.4) is 0 Å². The van der Waals surface area contributed by atoms with Gasteiger partial charge in [0.1, 0.15) is 22.3 Å². The maximum Gasteiger partial charge on any atom is 0.143 e. The summed E-state index contributed by atoms with van der Waals surface area (Å²) >= 11 is 0. The second-order valence-electron chi connectivity index (χ2n) is 31.3. The first-order chi connectivity index (χ1) is 58.5. The third-order valence-corrected chi connectivity index (χ3v) is 25.0. The van der Waals surface area contributed by atoms with Crippen LogP contribution < -0.4 is 9.80 Å². The molecule has 0 saturated carbocycles. The molecule has 4 bridgehead atoms. The zero-order valence-corrected chi connectivity index (χ0v) is 63.9. The minimum atomic E-state index is 0.837. The number of furan rings is 2. The first kappa shape index (κ1) is 65.8. The van der Waals surface area contributed by atoms with Gasteiger partial charge >= 0.3 is 0 Å². The summed E-state index contributed by atoms with van der Waals surface area (Å²) in [5.41, 5.74) is 25.0. The van der Waals surface area contributed by atoms with Crippen LogP contribution in [0.25, 0.3) is 208 Å². The molecule has 21 aromatic carbocycles. The lowest BCUT2D eigenvalue weighted by Crippen LogP contribution is -2.12. The summed E-state index contributed by atoms with van der Waals surface area (Å²) < 4.78 is 19.5. The van der Waals surface area contributed by atoms with Gasteiger partial charge in [-0.2, -0.15) is 0 Å². The van der Waals surface area contributed by atoms with Gasteiger partial charge in [0.25, 0.3) is 0 Å². The summed E-state index contributed by atoms with van der Waals surface area (Å²) in [4.78, 5) is 4.88. The molecule has 0 atom stereocenters. The van der Waals surface area contributed by atoms with Crippen LogP contribution in [0.15, 0.2) is 421 Å². The van der Waals surface area contributed by atoms with Crippen LogP contribution in [0.2, 0.25) is 0 Å². The minimum absolute atomic E-state index is 0.837. The topological polar surface area (TPSA) is 42.6 Å². The summed E-state index contributed by atoms with van der Waals surface area (Å²) in [6.45, 7) is 0. The van der Waals surface area contributed by atoms with Crippen molar-refractivity contribution in [1.82, 2.24) is 9.13 Å². The van der Waals surface area contributed by atoms with Gasteiger partial charge in [-0.1, -0.05) is 285 Å². The number of aromatic nitrogens is 2. The van der Waals surface area contributed by atoms with E-state index >= 15 is 0 Å². The molecule has 4 aromatic heterocycles. The normalized spacial score (nSPS) is 12.1. The molecule has 0 N–H and O–H groups in total. The third kappa shape index (κ3) is 10.00. The quantitative estimate of drug-likeness (QED) is 0.122. The SMILES string of the molecule is c1cc(N(c2ccccc2-c2cccc3c2oc2c4cc(-c5cccc6c5c5ccccc5n6-c5cccc(N(c6ccc(-c7ccc8cc7c7cc9ccccc9c8c7)cc6)c6ccccc6-c6cccc7c6oc6c8ccccc8ccc76)c5)ccc4ccc32)c2cccc3ccccc23)cc(-n2c3ccccc3c3ccccc32)c1. The lowest BCUT2D eigenvalue weighted by atomic mass is 9.91. The monoisotopic (exact) mass is 1500 g/mol. The number of nitrogens with zero attached hydrogens (tertiary/aromatic N) is 4. The maximum atomic E-state index is 7.53. The molecule has 0 aliphatic carbocycles. The van der Waals surface area contributed by atoms with Crippen molar-refractivity contribution in [2.75, 3.05) is 9.80 Å². The molecule has 0 unspecified atom stereocenters. The molecular formula is C112H68N4O2. The minimum Gasteiger partial charge on any atom is -0.455 e. The van der Waals surface area contributed by atoms with Gasteiger partial charge in [-0.25, -0.2) is 0 Å². The highest BCUT2D eigenvalue weighted by Crippen LogP contribution is 2.52. The summed E-state index contributed by atoms with van der Waals surface area (Å²) in [6, 6.07) is 152. The van der Waals surface area contributed by atoms with Crippen LogP contribution in [-0.2, 0) is 0 Å². The van der Waals surface area contributed by atoms with Gasteiger partial charge in [0.15, 0.2) is 0 Å². The molecule has 0 amide bonds.